The third kappa shape index (κ3) is 3.38. The molecule has 0 unspecified atom stereocenters. The molecule has 1 aliphatic carbocycles. The molecule has 23 heavy (non-hydrogen) atoms. The highest BCUT2D eigenvalue weighted by Gasteiger charge is 2.35. The van der Waals surface area contributed by atoms with Gasteiger partial charge in [0.25, 0.3) is 0 Å². The van der Waals surface area contributed by atoms with Crippen LogP contribution in [-0.4, -0.2) is 26.8 Å². The van der Waals surface area contributed by atoms with E-state index >= 15 is 0 Å². The second kappa shape index (κ2) is 5.71. The summed E-state index contributed by atoms with van der Waals surface area (Å²) in [7, 11) is 1.39. The zero-order valence-electron chi connectivity index (χ0n) is 12.8. The van der Waals surface area contributed by atoms with Crippen LogP contribution in [-0.2, 0) is 12.7 Å². The van der Waals surface area contributed by atoms with Crippen LogP contribution >= 0.6 is 0 Å². The smallest absolute Gasteiger partial charge is 0.372 e. The Kier molecular flexibility index (Phi) is 3.87. The van der Waals surface area contributed by atoms with Gasteiger partial charge in [0.2, 0.25) is 5.95 Å². The van der Waals surface area contributed by atoms with Gasteiger partial charge in [0, 0.05) is 19.8 Å². The van der Waals surface area contributed by atoms with E-state index in [-0.39, 0.29) is 11.8 Å². The third-order valence-corrected chi connectivity index (χ3v) is 3.81. The molecule has 3 rings (SSSR count). The summed E-state index contributed by atoms with van der Waals surface area (Å²) >= 11 is 0. The van der Waals surface area contributed by atoms with Crippen molar-refractivity contribution in [2.75, 3.05) is 17.7 Å². The first-order valence-electron chi connectivity index (χ1n) is 7.30. The summed E-state index contributed by atoms with van der Waals surface area (Å²) in [5.41, 5.74) is 0.700. The number of hydrogen-bond acceptors (Lipinski definition) is 5. The molecule has 124 valence electrons. The Bertz CT molecular complexity index is 705. The van der Waals surface area contributed by atoms with E-state index in [0.717, 1.165) is 18.4 Å². The van der Waals surface area contributed by atoms with Gasteiger partial charge < -0.3 is 10.6 Å². The molecule has 2 aromatic rings. The van der Waals surface area contributed by atoms with E-state index in [1.54, 1.807) is 6.20 Å². The summed E-state index contributed by atoms with van der Waals surface area (Å²) in [6.07, 6.45) is 0.343. The molecule has 1 aliphatic rings. The van der Waals surface area contributed by atoms with Crippen LogP contribution in [0.5, 0.6) is 0 Å². The maximum absolute atomic E-state index is 12.8. The van der Waals surface area contributed by atoms with Gasteiger partial charge >= 0.3 is 6.18 Å². The highest BCUT2D eigenvalue weighted by Crippen LogP contribution is 2.34. The molecular formula is C14H17F3N6. The van der Waals surface area contributed by atoms with Crippen molar-refractivity contribution in [3.63, 3.8) is 0 Å². The highest BCUT2D eigenvalue weighted by molar-refractivity contribution is 5.57. The quantitative estimate of drug-likeness (QED) is 0.883. The summed E-state index contributed by atoms with van der Waals surface area (Å²) in [5, 5.41) is 9.67. The Hall–Kier alpha value is -2.32. The van der Waals surface area contributed by atoms with Crippen LogP contribution < -0.4 is 10.6 Å². The number of hydrogen-bond donors (Lipinski definition) is 2. The van der Waals surface area contributed by atoms with E-state index in [2.05, 4.69) is 25.7 Å². The number of alkyl halides is 3. The van der Waals surface area contributed by atoms with E-state index in [1.165, 1.54) is 19.9 Å². The topological polar surface area (TPSA) is 67.7 Å². The maximum Gasteiger partial charge on any atom is 0.421 e. The molecule has 2 heterocycles. The standard InChI is InChI=1S/C14H17F3N6/c1-8-11(6-20-23(8)7-9-3-4-9)21-13-19-5-10(14(15,16)17)12(18-2)22-13/h5-6,9H,3-4,7H2,1-2H3,(H2,18,19,21,22). The minimum Gasteiger partial charge on any atom is -0.372 e. The van der Waals surface area contributed by atoms with Crippen LogP contribution in [0, 0.1) is 12.8 Å². The Morgan fingerprint density at radius 3 is 2.65 bits per heavy atom. The first-order chi connectivity index (χ1) is 10.9. The van der Waals surface area contributed by atoms with Crippen molar-refractivity contribution in [3.05, 3.63) is 23.7 Å². The molecule has 0 radical (unpaired) electrons. The van der Waals surface area contributed by atoms with Crippen LogP contribution in [0.15, 0.2) is 12.4 Å². The first kappa shape index (κ1) is 15.6. The van der Waals surface area contributed by atoms with Gasteiger partial charge in [-0.15, -0.1) is 0 Å². The van der Waals surface area contributed by atoms with Gasteiger partial charge in [-0.25, -0.2) is 4.98 Å². The molecule has 0 saturated heterocycles. The molecule has 0 bridgehead atoms. The number of rotatable bonds is 5. The van der Waals surface area contributed by atoms with E-state index in [9.17, 15) is 13.2 Å². The Morgan fingerprint density at radius 1 is 1.30 bits per heavy atom. The molecule has 1 fully saturated rings. The molecular weight excluding hydrogens is 309 g/mol. The van der Waals surface area contributed by atoms with Crippen molar-refractivity contribution < 1.29 is 13.2 Å². The number of nitrogens with one attached hydrogen (secondary N) is 2. The molecule has 2 aromatic heterocycles. The largest absolute Gasteiger partial charge is 0.421 e. The van der Waals surface area contributed by atoms with E-state index in [4.69, 9.17) is 0 Å². The van der Waals surface area contributed by atoms with Gasteiger partial charge in [-0.3, -0.25) is 4.68 Å². The van der Waals surface area contributed by atoms with Crippen LogP contribution in [0.2, 0.25) is 0 Å². The second-order valence-corrected chi connectivity index (χ2v) is 5.60. The molecule has 0 spiro atoms. The Labute approximate surface area is 131 Å². The lowest BCUT2D eigenvalue weighted by Crippen LogP contribution is -2.12. The summed E-state index contributed by atoms with van der Waals surface area (Å²) in [5.74, 6) is 0.508. The number of aromatic nitrogens is 4. The van der Waals surface area contributed by atoms with Crippen molar-refractivity contribution in [1.29, 1.82) is 0 Å². The molecule has 0 amide bonds. The van der Waals surface area contributed by atoms with Crippen LogP contribution in [0.1, 0.15) is 24.1 Å². The van der Waals surface area contributed by atoms with E-state index in [1.807, 2.05) is 11.6 Å². The average Bonchev–Trinajstić information content (AvgIpc) is 3.25. The lowest BCUT2D eigenvalue weighted by atomic mass is 10.3. The van der Waals surface area contributed by atoms with Crippen molar-refractivity contribution in [2.45, 2.75) is 32.5 Å². The number of halogens is 3. The normalized spacial score (nSPS) is 14.8. The lowest BCUT2D eigenvalue weighted by molar-refractivity contribution is -0.137. The maximum atomic E-state index is 12.8. The SMILES string of the molecule is CNc1nc(Nc2cnn(CC3CC3)c2C)ncc1C(F)(F)F. The first-order valence-corrected chi connectivity index (χ1v) is 7.30. The predicted octanol–water partition coefficient (Wildman–Crippen LogP) is 3.20. The van der Waals surface area contributed by atoms with Crippen molar-refractivity contribution in [3.8, 4) is 0 Å². The summed E-state index contributed by atoms with van der Waals surface area (Å²) in [4.78, 5) is 7.64. The van der Waals surface area contributed by atoms with Crippen LogP contribution in [0.3, 0.4) is 0 Å². The molecule has 2 N–H and O–H groups in total. The van der Waals surface area contributed by atoms with Crippen LogP contribution in [0.25, 0.3) is 0 Å². The molecule has 0 aliphatic heterocycles. The lowest BCUT2D eigenvalue weighted by Gasteiger charge is -2.12. The molecule has 0 aromatic carbocycles. The van der Waals surface area contributed by atoms with Gasteiger partial charge in [-0.1, -0.05) is 0 Å². The molecule has 1 saturated carbocycles. The zero-order chi connectivity index (χ0) is 16.6. The van der Waals surface area contributed by atoms with Crippen molar-refractivity contribution in [1.82, 2.24) is 19.7 Å². The van der Waals surface area contributed by atoms with Gasteiger partial charge in [0.15, 0.2) is 0 Å². The van der Waals surface area contributed by atoms with E-state index < -0.39 is 11.7 Å². The highest BCUT2D eigenvalue weighted by atomic mass is 19.4. The van der Waals surface area contributed by atoms with Crippen molar-refractivity contribution >= 4 is 17.5 Å². The third-order valence-electron chi connectivity index (χ3n) is 3.81. The fraction of sp³-hybridized carbons (Fsp3) is 0.500. The molecule has 6 nitrogen and oxygen atoms in total. The van der Waals surface area contributed by atoms with Crippen LogP contribution in [0.4, 0.5) is 30.6 Å². The predicted molar refractivity (Wildman–Crippen MR) is 79.6 cm³/mol. The van der Waals surface area contributed by atoms with Crippen molar-refractivity contribution in [2.24, 2.45) is 5.92 Å². The summed E-state index contributed by atoms with van der Waals surface area (Å²) < 4.78 is 40.4. The minimum absolute atomic E-state index is 0.0939. The van der Waals surface area contributed by atoms with Gasteiger partial charge in [-0.2, -0.15) is 23.3 Å². The molecule has 9 heteroatoms. The number of anilines is 3. The Morgan fingerprint density at radius 2 is 2.04 bits per heavy atom. The Balaban J connectivity index is 1.81. The monoisotopic (exact) mass is 326 g/mol. The molecule has 0 atom stereocenters. The van der Waals surface area contributed by atoms with Gasteiger partial charge in [0.1, 0.15) is 11.4 Å². The second-order valence-electron chi connectivity index (χ2n) is 5.60. The fourth-order valence-corrected chi connectivity index (χ4v) is 2.26. The average molecular weight is 326 g/mol. The fourth-order valence-electron chi connectivity index (χ4n) is 2.26. The van der Waals surface area contributed by atoms with Gasteiger partial charge in [-0.05, 0) is 25.7 Å². The number of nitrogens with zero attached hydrogens (tertiary/aromatic N) is 4. The minimum atomic E-state index is -4.50. The summed E-state index contributed by atoms with van der Waals surface area (Å²) in [6.45, 7) is 2.77. The van der Waals surface area contributed by atoms with E-state index in [0.29, 0.717) is 11.6 Å². The summed E-state index contributed by atoms with van der Waals surface area (Å²) in [6, 6.07) is 0. The van der Waals surface area contributed by atoms with Gasteiger partial charge in [0.05, 0.1) is 17.6 Å². The zero-order valence-corrected chi connectivity index (χ0v) is 12.8.